The van der Waals surface area contributed by atoms with E-state index in [1.54, 1.807) is 18.2 Å². The largest absolute Gasteiger partial charge is 0.573 e. The summed E-state index contributed by atoms with van der Waals surface area (Å²) in [6.07, 6.45) is -4.65. The summed E-state index contributed by atoms with van der Waals surface area (Å²) in [6, 6.07) is 6.94. The molecule has 0 radical (unpaired) electrons. The van der Waals surface area contributed by atoms with Gasteiger partial charge in [-0.3, -0.25) is 4.90 Å². The Hall–Kier alpha value is -1.27. The van der Waals surface area contributed by atoms with Gasteiger partial charge in [0.1, 0.15) is 5.75 Å². The summed E-state index contributed by atoms with van der Waals surface area (Å²) >= 11 is 0. The Morgan fingerprint density at radius 2 is 2.00 bits per heavy atom. The number of nitrogens with one attached hydrogen (secondary N) is 1. The second-order valence-electron chi connectivity index (χ2n) is 5.24. The van der Waals surface area contributed by atoms with Gasteiger partial charge >= 0.3 is 6.36 Å². The van der Waals surface area contributed by atoms with Crippen molar-refractivity contribution in [3.8, 4) is 5.75 Å². The Kier molecular flexibility index (Phi) is 4.55. The van der Waals surface area contributed by atoms with Crippen molar-refractivity contribution in [2.45, 2.75) is 38.8 Å². The van der Waals surface area contributed by atoms with Gasteiger partial charge in [0, 0.05) is 37.3 Å². The summed E-state index contributed by atoms with van der Waals surface area (Å²) in [4.78, 5) is 2.17. The van der Waals surface area contributed by atoms with Crippen LogP contribution in [0.4, 0.5) is 13.2 Å². The summed E-state index contributed by atoms with van der Waals surface area (Å²) in [6.45, 7) is 6.23. The fourth-order valence-electron chi connectivity index (χ4n) is 2.39. The molecule has 0 spiro atoms. The van der Waals surface area contributed by atoms with Gasteiger partial charge in [-0.05, 0) is 19.9 Å². The van der Waals surface area contributed by atoms with E-state index in [0.29, 0.717) is 18.2 Å². The zero-order valence-electron chi connectivity index (χ0n) is 11.6. The maximum atomic E-state index is 12.4. The molecule has 1 aromatic rings. The van der Waals surface area contributed by atoms with Gasteiger partial charge in [0.15, 0.2) is 0 Å². The van der Waals surface area contributed by atoms with Crippen molar-refractivity contribution in [1.82, 2.24) is 10.2 Å². The van der Waals surface area contributed by atoms with E-state index in [2.05, 4.69) is 28.8 Å². The van der Waals surface area contributed by atoms with E-state index in [1.807, 2.05) is 0 Å². The maximum Gasteiger partial charge on any atom is 0.573 e. The number of ether oxygens (including phenoxy) is 1. The van der Waals surface area contributed by atoms with Crippen LogP contribution < -0.4 is 10.1 Å². The SMILES string of the molecule is CC1CN(Cc2ccccc2OC(F)(F)F)C(C)CN1. The molecule has 1 aliphatic heterocycles. The van der Waals surface area contributed by atoms with Crippen molar-refractivity contribution >= 4 is 0 Å². The highest BCUT2D eigenvalue weighted by molar-refractivity contribution is 5.33. The number of hydrogen-bond acceptors (Lipinski definition) is 3. The van der Waals surface area contributed by atoms with Crippen LogP contribution in [0.5, 0.6) is 5.75 Å². The lowest BCUT2D eigenvalue weighted by Crippen LogP contribution is -2.53. The van der Waals surface area contributed by atoms with Crippen LogP contribution in [0, 0.1) is 0 Å². The predicted molar refractivity (Wildman–Crippen MR) is 70.5 cm³/mol. The van der Waals surface area contributed by atoms with Crippen LogP contribution in [-0.4, -0.2) is 36.4 Å². The number of halogens is 3. The number of piperazine rings is 1. The first-order valence-corrected chi connectivity index (χ1v) is 6.66. The Morgan fingerprint density at radius 1 is 1.30 bits per heavy atom. The normalized spacial score (nSPS) is 24.6. The Morgan fingerprint density at radius 3 is 2.70 bits per heavy atom. The van der Waals surface area contributed by atoms with E-state index in [4.69, 9.17) is 0 Å². The molecule has 1 N–H and O–H groups in total. The molecular weight excluding hydrogens is 269 g/mol. The van der Waals surface area contributed by atoms with E-state index in [1.165, 1.54) is 6.07 Å². The van der Waals surface area contributed by atoms with Gasteiger partial charge in [0.05, 0.1) is 0 Å². The second-order valence-corrected chi connectivity index (χ2v) is 5.24. The number of hydrogen-bond donors (Lipinski definition) is 1. The van der Waals surface area contributed by atoms with Crippen molar-refractivity contribution in [2.24, 2.45) is 0 Å². The molecule has 1 fully saturated rings. The average molecular weight is 288 g/mol. The molecule has 0 aliphatic carbocycles. The van der Waals surface area contributed by atoms with Crippen LogP contribution in [-0.2, 0) is 6.54 Å². The highest BCUT2D eigenvalue weighted by Gasteiger charge is 2.32. The lowest BCUT2D eigenvalue weighted by molar-refractivity contribution is -0.275. The molecular formula is C14H19F3N2O. The van der Waals surface area contributed by atoms with Crippen LogP contribution >= 0.6 is 0 Å². The minimum atomic E-state index is -4.65. The molecule has 2 unspecified atom stereocenters. The first-order chi connectivity index (χ1) is 9.35. The summed E-state index contributed by atoms with van der Waals surface area (Å²) in [5.41, 5.74) is 0.561. The molecule has 1 aliphatic rings. The molecule has 6 heteroatoms. The fourth-order valence-corrected chi connectivity index (χ4v) is 2.39. The average Bonchev–Trinajstić information content (AvgIpc) is 2.34. The van der Waals surface area contributed by atoms with E-state index < -0.39 is 6.36 Å². The first kappa shape index (κ1) is 15.1. The summed E-state index contributed by atoms with van der Waals surface area (Å²) in [7, 11) is 0. The third kappa shape index (κ3) is 4.11. The van der Waals surface area contributed by atoms with Crippen molar-refractivity contribution in [2.75, 3.05) is 13.1 Å². The van der Waals surface area contributed by atoms with Gasteiger partial charge in [-0.2, -0.15) is 0 Å². The van der Waals surface area contributed by atoms with Crippen molar-refractivity contribution in [1.29, 1.82) is 0 Å². The van der Waals surface area contributed by atoms with Crippen LogP contribution in [0.1, 0.15) is 19.4 Å². The molecule has 20 heavy (non-hydrogen) atoms. The highest BCUT2D eigenvalue weighted by atomic mass is 19.4. The van der Waals surface area contributed by atoms with Gasteiger partial charge in [-0.1, -0.05) is 18.2 Å². The number of para-hydroxylation sites is 1. The monoisotopic (exact) mass is 288 g/mol. The second kappa shape index (κ2) is 6.01. The minimum Gasteiger partial charge on any atom is -0.405 e. The standard InChI is InChI=1S/C14H19F3N2O/c1-10-8-19(11(2)7-18-10)9-12-5-3-4-6-13(12)20-14(15,16)17/h3-6,10-11,18H,7-9H2,1-2H3. The molecule has 1 saturated heterocycles. The lowest BCUT2D eigenvalue weighted by atomic mass is 10.1. The molecule has 0 aromatic heterocycles. The van der Waals surface area contributed by atoms with Gasteiger partial charge in [0.25, 0.3) is 0 Å². The quantitative estimate of drug-likeness (QED) is 0.925. The lowest BCUT2D eigenvalue weighted by Gasteiger charge is -2.37. The highest BCUT2D eigenvalue weighted by Crippen LogP contribution is 2.27. The Balaban J connectivity index is 2.12. The van der Waals surface area contributed by atoms with Crippen molar-refractivity contribution < 1.29 is 17.9 Å². The third-order valence-corrected chi connectivity index (χ3v) is 3.47. The molecule has 3 nitrogen and oxygen atoms in total. The van der Waals surface area contributed by atoms with E-state index in [0.717, 1.165) is 13.1 Å². The zero-order chi connectivity index (χ0) is 14.8. The Bertz CT molecular complexity index is 450. The molecule has 112 valence electrons. The smallest absolute Gasteiger partial charge is 0.405 e. The van der Waals surface area contributed by atoms with Crippen LogP contribution in [0.2, 0.25) is 0 Å². The van der Waals surface area contributed by atoms with E-state index in [-0.39, 0.29) is 11.8 Å². The number of alkyl halides is 3. The zero-order valence-corrected chi connectivity index (χ0v) is 11.6. The predicted octanol–water partition coefficient (Wildman–Crippen LogP) is 2.77. The van der Waals surface area contributed by atoms with Gasteiger partial charge in [-0.25, -0.2) is 0 Å². The number of rotatable bonds is 3. The first-order valence-electron chi connectivity index (χ1n) is 6.66. The van der Waals surface area contributed by atoms with Gasteiger partial charge in [0.2, 0.25) is 0 Å². The molecule has 2 atom stereocenters. The maximum absolute atomic E-state index is 12.4. The van der Waals surface area contributed by atoms with Gasteiger partial charge in [-0.15, -0.1) is 13.2 Å². The van der Waals surface area contributed by atoms with Crippen LogP contribution in [0.3, 0.4) is 0 Å². The Labute approximate surface area is 116 Å². The summed E-state index contributed by atoms with van der Waals surface area (Å²) in [5, 5.41) is 3.35. The molecule has 2 rings (SSSR count). The number of nitrogens with zero attached hydrogens (tertiary/aromatic N) is 1. The molecule has 0 bridgehead atoms. The third-order valence-electron chi connectivity index (χ3n) is 3.47. The molecule has 1 aromatic carbocycles. The van der Waals surface area contributed by atoms with E-state index >= 15 is 0 Å². The summed E-state index contributed by atoms with van der Waals surface area (Å²) in [5.74, 6) is -0.113. The minimum absolute atomic E-state index is 0.113. The molecule has 0 amide bonds. The summed E-state index contributed by atoms with van der Waals surface area (Å²) < 4.78 is 41.3. The van der Waals surface area contributed by atoms with Crippen LogP contribution in [0.25, 0.3) is 0 Å². The van der Waals surface area contributed by atoms with Crippen molar-refractivity contribution in [3.05, 3.63) is 29.8 Å². The van der Waals surface area contributed by atoms with Crippen molar-refractivity contribution in [3.63, 3.8) is 0 Å². The van der Waals surface area contributed by atoms with E-state index in [9.17, 15) is 13.2 Å². The van der Waals surface area contributed by atoms with Gasteiger partial charge < -0.3 is 10.1 Å². The fraction of sp³-hybridized carbons (Fsp3) is 0.571. The van der Waals surface area contributed by atoms with Crippen LogP contribution in [0.15, 0.2) is 24.3 Å². The topological polar surface area (TPSA) is 24.5 Å². The molecule has 1 heterocycles. The number of benzene rings is 1. The molecule has 0 saturated carbocycles.